The van der Waals surface area contributed by atoms with Crippen LogP contribution in [-0.2, 0) is 9.47 Å². The Labute approximate surface area is 148 Å². The van der Waals surface area contributed by atoms with E-state index in [9.17, 15) is 9.90 Å². The van der Waals surface area contributed by atoms with E-state index in [1.165, 1.54) is 0 Å². The topological polar surface area (TPSA) is 92.2 Å². The van der Waals surface area contributed by atoms with Crippen LogP contribution in [0.15, 0.2) is 5.10 Å². The molecule has 1 rings (SSSR count). The zero-order valence-electron chi connectivity index (χ0n) is 15.6. The van der Waals surface area contributed by atoms with Gasteiger partial charge >= 0.3 is 6.09 Å². The third kappa shape index (κ3) is 7.61. The fraction of sp³-hybridized carbons (Fsp3) is 0.875. The molecule has 0 spiro atoms. The lowest BCUT2D eigenvalue weighted by Gasteiger charge is -2.27. The molecule has 140 valence electrons. The molecule has 0 aromatic rings. The highest BCUT2D eigenvalue weighted by Gasteiger charge is 2.34. The maximum atomic E-state index is 12.0. The Morgan fingerprint density at radius 1 is 1.42 bits per heavy atom. The first-order chi connectivity index (χ1) is 11.0. The van der Waals surface area contributed by atoms with Gasteiger partial charge in [-0.1, -0.05) is 39.5 Å². The van der Waals surface area contributed by atoms with E-state index < -0.39 is 23.8 Å². The Bertz CT molecular complexity index is 449. The number of amides is 1. The summed E-state index contributed by atoms with van der Waals surface area (Å²) in [6.45, 7) is 13.5. The summed E-state index contributed by atoms with van der Waals surface area (Å²) < 4.78 is 10.9. The molecule has 0 radical (unpaired) electrons. The van der Waals surface area contributed by atoms with Gasteiger partial charge in [0.05, 0.1) is 6.04 Å². The third-order valence-corrected chi connectivity index (χ3v) is 3.96. The number of hydrogen-bond acceptors (Lipinski definition) is 7. The molecular weight excluding hydrogens is 330 g/mol. The molecule has 1 aliphatic rings. The van der Waals surface area contributed by atoms with Crippen LogP contribution in [0.1, 0.15) is 54.9 Å². The number of nitrogens with zero attached hydrogens (tertiary/aromatic N) is 1. The van der Waals surface area contributed by atoms with E-state index in [1.54, 1.807) is 32.5 Å². The van der Waals surface area contributed by atoms with Crippen molar-refractivity contribution in [2.24, 2.45) is 11.0 Å². The van der Waals surface area contributed by atoms with Gasteiger partial charge in [-0.05, 0) is 33.1 Å². The molecule has 3 atom stereocenters. The molecule has 0 aliphatic carbocycles. The van der Waals surface area contributed by atoms with Crippen LogP contribution in [0.25, 0.3) is 0 Å². The molecule has 1 aliphatic heterocycles. The first-order valence-corrected chi connectivity index (χ1v) is 9.25. The summed E-state index contributed by atoms with van der Waals surface area (Å²) in [6, 6.07) is -0.539. The van der Waals surface area contributed by atoms with Gasteiger partial charge < -0.3 is 19.9 Å². The van der Waals surface area contributed by atoms with Crippen molar-refractivity contribution in [1.29, 1.82) is 0 Å². The van der Waals surface area contributed by atoms with Crippen molar-refractivity contribution in [3.63, 3.8) is 0 Å². The fourth-order valence-electron chi connectivity index (χ4n) is 2.13. The molecule has 0 aromatic carbocycles. The molecular formula is C16H31N3O4S. The minimum Gasteiger partial charge on any atom is -0.444 e. The van der Waals surface area contributed by atoms with Gasteiger partial charge in [0.15, 0.2) is 6.10 Å². The Hall–Kier alpha value is -1.15. The van der Waals surface area contributed by atoms with Gasteiger partial charge in [0.25, 0.3) is 0 Å². The van der Waals surface area contributed by atoms with Crippen molar-refractivity contribution in [3.8, 4) is 0 Å². The number of carbonyl (C=O) groups excluding carboxylic acids is 1. The van der Waals surface area contributed by atoms with E-state index in [0.717, 1.165) is 0 Å². The van der Waals surface area contributed by atoms with Crippen molar-refractivity contribution in [3.05, 3.63) is 0 Å². The van der Waals surface area contributed by atoms with E-state index in [-0.39, 0.29) is 17.4 Å². The number of ether oxygens (including phenoxy) is 2. The van der Waals surface area contributed by atoms with Crippen molar-refractivity contribution in [2.45, 2.75) is 83.4 Å². The van der Waals surface area contributed by atoms with E-state index in [4.69, 9.17) is 9.47 Å². The van der Waals surface area contributed by atoms with Crippen LogP contribution in [0.4, 0.5) is 4.79 Å². The predicted octanol–water partition coefficient (Wildman–Crippen LogP) is 2.65. The Morgan fingerprint density at radius 3 is 2.54 bits per heavy atom. The Balaban J connectivity index is 2.69. The zero-order chi connectivity index (χ0) is 18.5. The van der Waals surface area contributed by atoms with E-state index in [1.807, 2.05) is 13.8 Å². The highest BCUT2D eigenvalue weighted by molar-refractivity contribution is 8.00. The fourth-order valence-corrected chi connectivity index (χ4v) is 2.89. The minimum absolute atomic E-state index is 0.190. The van der Waals surface area contributed by atoms with Crippen molar-refractivity contribution in [2.75, 3.05) is 0 Å². The Kier molecular flexibility index (Phi) is 7.66. The molecule has 0 fully saturated rings. The lowest BCUT2D eigenvalue weighted by Crippen LogP contribution is -2.49. The molecule has 7 nitrogen and oxygen atoms in total. The van der Waals surface area contributed by atoms with Crippen molar-refractivity contribution >= 4 is 23.8 Å². The van der Waals surface area contributed by atoms with Gasteiger partial charge in [0.1, 0.15) is 5.60 Å². The molecule has 0 saturated carbocycles. The lowest BCUT2D eigenvalue weighted by molar-refractivity contribution is 0.0440. The van der Waals surface area contributed by atoms with Gasteiger partial charge in [-0.3, -0.25) is 5.43 Å². The van der Waals surface area contributed by atoms with Gasteiger partial charge in [-0.2, -0.15) is 0 Å². The average Bonchev–Trinajstić information content (AvgIpc) is 2.81. The maximum absolute atomic E-state index is 12.0. The number of nitrogens with one attached hydrogen (secondary N) is 2. The minimum atomic E-state index is -1.04. The summed E-state index contributed by atoms with van der Waals surface area (Å²) in [6.07, 6.45) is -1.03. The van der Waals surface area contributed by atoms with Crippen LogP contribution in [0.2, 0.25) is 0 Å². The molecule has 0 saturated heterocycles. The number of hydrazone groups is 1. The van der Waals surface area contributed by atoms with E-state index >= 15 is 0 Å². The molecule has 24 heavy (non-hydrogen) atoms. The summed E-state index contributed by atoms with van der Waals surface area (Å²) in [5.74, 6) is 0.463. The molecule has 3 N–H and O–H groups in total. The first kappa shape index (κ1) is 20.9. The van der Waals surface area contributed by atoms with Gasteiger partial charge in [-0.15, -0.1) is 5.10 Å². The van der Waals surface area contributed by atoms with E-state index in [0.29, 0.717) is 11.7 Å². The number of thioether (sulfide) groups is 1. The van der Waals surface area contributed by atoms with E-state index in [2.05, 4.69) is 29.7 Å². The second-order valence-electron chi connectivity index (χ2n) is 7.54. The predicted molar refractivity (Wildman–Crippen MR) is 96.8 cm³/mol. The quantitative estimate of drug-likeness (QED) is 0.646. The van der Waals surface area contributed by atoms with Crippen LogP contribution < -0.4 is 10.7 Å². The molecule has 2 unspecified atom stereocenters. The zero-order valence-corrected chi connectivity index (χ0v) is 16.4. The Morgan fingerprint density at radius 2 is 2.04 bits per heavy atom. The number of aliphatic hydroxyl groups excluding tert-OH is 1. The van der Waals surface area contributed by atoms with Crippen molar-refractivity contribution in [1.82, 2.24) is 10.7 Å². The van der Waals surface area contributed by atoms with Crippen LogP contribution in [0.5, 0.6) is 0 Å². The number of carbonyl (C=O) groups is 1. The normalized spacial score (nSPS) is 20.2. The summed E-state index contributed by atoms with van der Waals surface area (Å²) in [5, 5.41) is 17.7. The number of rotatable bonds is 7. The standard InChI is InChI=1S/C16H31N3O4S/c1-9(2)8-11(17-14(21)23-16(5,6)7)12(20)13-18-19-15(22-13)24-10(3)4/h9-12,15,19-20H,8H2,1-7H3,(H,17,21)/t11-,12?,15?/m0/s1. The monoisotopic (exact) mass is 361 g/mol. The number of alkyl carbamates (subject to hydrolysis) is 1. The SMILES string of the molecule is CC(C)C[C@H](NC(=O)OC(C)(C)C)C(O)C1=NNC(SC(C)C)O1. The number of aliphatic hydroxyl groups is 1. The second kappa shape index (κ2) is 8.80. The summed E-state index contributed by atoms with van der Waals surface area (Å²) >= 11 is 1.56. The molecule has 1 amide bonds. The molecule has 1 heterocycles. The summed E-state index contributed by atoms with van der Waals surface area (Å²) in [4.78, 5) is 12.0. The summed E-state index contributed by atoms with van der Waals surface area (Å²) in [5.41, 5.74) is 1.92. The van der Waals surface area contributed by atoms with Crippen LogP contribution in [0.3, 0.4) is 0 Å². The van der Waals surface area contributed by atoms with Crippen molar-refractivity contribution < 1.29 is 19.4 Å². The first-order valence-electron chi connectivity index (χ1n) is 8.30. The maximum Gasteiger partial charge on any atom is 0.407 e. The largest absolute Gasteiger partial charge is 0.444 e. The average molecular weight is 362 g/mol. The van der Waals surface area contributed by atoms with Gasteiger partial charge in [-0.25, -0.2) is 4.79 Å². The molecule has 0 bridgehead atoms. The summed E-state index contributed by atoms with van der Waals surface area (Å²) in [7, 11) is 0. The van der Waals surface area contributed by atoms with Crippen LogP contribution >= 0.6 is 11.8 Å². The lowest BCUT2D eigenvalue weighted by atomic mass is 9.99. The number of hydrogen-bond donors (Lipinski definition) is 3. The third-order valence-electron chi connectivity index (χ3n) is 2.97. The van der Waals surface area contributed by atoms with Crippen LogP contribution in [-0.4, -0.2) is 45.7 Å². The molecule has 0 aromatic heterocycles. The van der Waals surface area contributed by atoms with Gasteiger partial charge in [0, 0.05) is 5.25 Å². The highest BCUT2D eigenvalue weighted by atomic mass is 32.2. The van der Waals surface area contributed by atoms with Crippen LogP contribution in [0, 0.1) is 5.92 Å². The second-order valence-corrected chi connectivity index (χ2v) is 9.18. The smallest absolute Gasteiger partial charge is 0.407 e. The van der Waals surface area contributed by atoms with Gasteiger partial charge in [0.2, 0.25) is 11.5 Å². The highest BCUT2D eigenvalue weighted by Crippen LogP contribution is 2.22. The molecule has 8 heteroatoms.